The summed E-state index contributed by atoms with van der Waals surface area (Å²) in [5.41, 5.74) is 3.49. The molecule has 3 rings (SSSR count). The molecule has 2 aromatic carbocycles. The maximum atomic E-state index is 13.2. The predicted molar refractivity (Wildman–Crippen MR) is 115 cm³/mol. The number of para-hydroxylation sites is 1. The Labute approximate surface area is 169 Å². The van der Waals surface area contributed by atoms with E-state index in [1.54, 1.807) is 10.6 Å². The van der Waals surface area contributed by atoms with Crippen molar-refractivity contribution in [2.45, 2.75) is 25.4 Å². The Morgan fingerprint density at radius 2 is 1.89 bits per heavy atom. The van der Waals surface area contributed by atoms with Crippen molar-refractivity contribution in [3.8, 4) is 5.69 Å². The number of sulfonamides is 1. The molecule has 0 unspecified atom stereocenters. The zero-order valence-corrected chi connectivity index (χ0v) is 17.7. The normalized spacial score (nSPS) is 11.8. The molecule has 0 bridgehead atoms. The minimum Gasteiger partial charge on any atom is -0.268 e. The smallest absolute Gasteiger partial charge is 0.266 e. The van der Waals surface area contributed by atoms with Crippen molar-refractivity contribution < 1.29 is 8.42 Å². The largest absolute Gasteiger partial charge is 0.268 e. The fourth-order valence-corrected chi connectivity index (χ4v) is 4.43. The summed E-state index contributed by atoms with van der Waals surface area (Å²) in [5, 5.41) is 1.18. The van der Waals surface area contributed by atoms with E-state index in [1.807, 2.05) is 50.2 Å². The van der Waals surface area contributed by atoms with Crippen molar-refractivity contribution in [1.82, 2.24) is 14.3 Å². The highest BCUT2D eigenvalue weighted by Gasteiger charge is 2.14. The third-order valence-electron chi connectivity index (χ3n) is 4.25. The van der Waals surface area contributed by atoms with E-state index in [1.165, 1.54) is 11.8 Å². The number of hydrogen-bond donors (Lipinski definition) is 1. The number of hydrogen-bond acceptors (Lipinski definition) is 5. The van der Waals surface area contributed by atoms with Crippen LogP contribution < -0.4 is 10.3 Å². The molecule has 6 nitrogen and oxygen atoms in total. The Bertz CT molecular complexity index is 1170. The van der Waals surface area contributed by atoms with Gasteiger partial charge in [0.05, 0.1) is 22.8 Å². The van der Waals surface area contributed by atoms with Crippen molar-refractivity contribution in [3.05, 3.63) is 63.9 Å². The van der Waals surface area contributed by atoms with Crippen LogP contribution in [0.2, 0.25) is 0 Å². The molecule has 0 aliphatic carbocycles. The van der Waals surface area contributed by atoms with Gasteiger partial charge < -0.3 is 0 Å². The van der Waals surface area contributed by atoms with E-state index in [0.29, 0.717) is 34.8 Å². The van der Waals surface area contributed by atoms with Gasteiger partial charge in [-0.1, -0.05) is 41.6 Å². The van der Waals surface area contributed by atoms with E-state index in [0.717, 1.165) is 23.1 Å². The number of nitrogens with zero attached hydrogens (tertiary/aromatic N) is 2. The van der Waals surface area contributed by atoms with Crippen LogP contribution in [0.25, 0.3) is 16.6 Å². The van der Waals surface area contributed by atoms with Gasteiger partial charge in [0.15, 0.2) is 5.16 Å². The Morgan fingerprint density at radius 3 is 2.61 bits per heavy atom. The highest BCUT2D eigenvalue weighted by Crippen LogP contribution is 2.24. The van der Waals surface area contributed by atoms with E-state index < -0.39 is 10.0 Å². The average molecular weight is 418 g/mol. The lowest BCUT2D eigenvalue weighted by Gasteiger charge is -2.15. The van der Waals surface area contributed by atoms with E-state index >= 15 is 0 Å². The fraction of sp³-hybridized carbons (Fsp3) is 0.300. The second kappa shape index (κ2) is 8.46. The lowest BCUT2D eigenvalue weighted by atomic mass is 10.1. The number of benzene rings is 2. The highest BCUT2D eigenvalue weighted by atomic mass is 32.2. The summed E-state index contributed by atoms with van der Waals surface area (Å²) in [5.74, 6) is 0.637. The zero-order chi connectivity index (χ0) is 20.3. The molecule has 0 amide bonds. The van der Waals surface area contributed by atoms with Gasteiger partial charge in [-0.3, -0.25) is 9.36 Å². The van der Waals surface area contributed by atoms with Gasteiger partial charge in [-0.05, 0) is 44.0 Å². The minimum absolute atomic E-state index is 0.102. The standard InChI is InChI=1S/C20H23N3O3S2/c1-14-9-10-18(15(2)13-14)23-19(24)16-7-4-5-8-17(16)22-20(23)27-12-6-11-21-28(3,25)26/h4-5,7-10,13,21H,6,11-12H2,1-3H3. The monoisotopic (exact) mass is 417 g/mol. The lowest BCUT2D eigenvalue weighted by Crippen LogP contribution is -2.24. The second-order valence-electron chi connectivity index (χ2n) is 6.71. The molecule has 0 aliphatic rings. The number of fused-ring (bicyclic) bond motifs is 1. The molecule has 0 fully saturated rings. The van der Waals surface area contributed by atoms with Gasteiger partial charge >= 0.3 is 0 Å². The topological polar surface area (TPSA) is 81.1 Å². The van der Waals surface area contributed by atoms with Crippen LogP contribution in [-0.4, -0.2) is 36.5 Å². The molecule has 0 spiro atoms. The zero-order valence-electron chi connectivity index (χ0n) is 16.1. The highest BCUT2D eigenvalue weighted by molar-refractivity contribution is 7.99. The Hall–Kier alpha value is -2.16. The number of aromatic nitrogens is 2. The first kappa shape index (κ1) is 20.6. The van der Waals surface area contributed by atoms with Crippen LogP contribution in [0.3, 0.4) is 0 Å². The van der Waals surface area contributed by atoms with Gasteiger partial charge in [0.2, 0.25) is 10.0 Å². The third-order valence-corrected chi connectivity index (χ3v) is 6.01. The van der Waals surface area contributed by atoms with Crippen LogP contribution in [0.1, 0.15) is 17.5 Å². The van der Waals surface area contributed by atoms with Gasteiger partial charge in [-0.2, -0.15) is 0 Å². The third kappa shape index (κ3) is 4.81. The Kier molecular flexibility index (Phi) is 6.22. The molecule has 0 aliphatic heterocycles. The summed E-state index contributed by atoms with van der Waals surface area (Å²) in [6.45, 7) is 4.35. The SMILES string of the molecule is Cc1ccc(-n2c(SCCCNS(C)(=O)=O)nc3ccccc3c2=O)c(C)c1. The number of thioether (sulfide) groups is 1. The van der Waals surface area contributed by atoms with Crippen LogP contribution in [0, 0.1) is 13.8 Å². The van der Waals surface area contributed by atoms with Gasteiger partial charge in [0, 0.05) is 12.3 Å². The van der Waals surface area contributed by atoms with Crippen molar-refractivity contribution in [2.75, 3.05) is 18.6 Å². The molecule has 1 heterocycles. The van der Waals surface area contributed by atoms with Crippen LogP contribution >= 0.6 is 11.8 Å². The van der Waals surface area contributed by atoms with Crippen molar-refractivity contribution in [2.24, 2.45) is 0 Å². The molecule has 0 radical (unpaired) electrons. The summed E-state index contributed by atoms with van der Waals surface area (Å²) < 4.78 is 26.5. The maximum Gasteiger partial charge on any atom is 0.266 e. The Morgan fingerprint density at radius 1 is 1.14 bits per heavy atom. The predicted octanol–water partition coefficient (Wildman–Crippen LogP) is 3.03. The van der Waals surface area contributed by atoms with Crippen molar-refractivity contribution >= 4 is 32.7 Å². The Balaban J connectivity index is 1.99. The first-order chi connectivity index (χ1) is 13.3. The van der Waals surface area contributed by atoms with Crippen LogP contribution in [0.15, 0.2) is 52.4 Å². The molecule has 0 atom stereocenters. The summed E-state index contributed by atoms with van der Waals surface area (Å²) in [6.07, 6.45) is 1.77. The van der Waals surface area contributed by atoms with Gasteiger partial charge in [-0.15, -0.1) is 0 Å². The first-order valence-corrected chi connectivity index (χ1v) is 11.8. The van der Waals surface area contributed by atoms with Gasteiger partial charge in [-0.25, -0.2) is 18.1 Å². The maximum absolute atomic E-state index is 13.2. The molecular formula is C20H23N3O3S2. The second-order valence-corrected chi connectivity index (χ2v) is 9.61. The van der Waals surface area contributed by atoms with Crippen LogP contribution in [0.5, 0.6) is 0 Å². The number of rotatable bonds is 7. The molecule has 28 heavy (non-hydrogen) atoms. The molecular weight excluding hydrogens is 394 g/mol. The average Bonchev–Trinajstić information content (AvgIpc) is 2.62. The number of nitrogens with one attached hydrogen (secondary N) is 1. The summed E-state index contributed by atoms with van der Waals surface area (Å²) in [6, 6.07) is 13.3. The molecule has 1 N–H and O–H groups in total. The van der Waals surface area contributed by atoms with Gasteiger partial charge in [0.1, 0.15) is 0 Å². The van der Waals surface area contributed by atoms with Crippen molar-refractivity contribution in [1.29, 1.82) is 0 Å². The minimum atomic E-state index is -3.20. The van der Waals surface area contributed by atoms with Gasteiger partial charge in [0.25, 0.3) is 5.56 Å². The molecule has 0 saturated heterocycles. The first-order valence-electron chi connectivity index (χ1n) is 8.93. The number of aryl methyl sites for hydroxylation is 2. The summed E-state index contributed by atoms with van der Waals surface area (Å²) >= 11 is 1.45. The molecule has 1 aromatic heterocycles. The van der Waals surface area contributed by atoms with Crippen LogP contribution in [0.4, 0.5) is 0 Å². The van der Waals surface area contributed by atoms with E-state index in [2.05, 4.69) is 4.72 Å². The fourth-order valence-electron chi connectivity index (χ4n) is 2.97. The van der Waals surface area contributed by atoms with Crippen molar-refractivity contribution in [3.63, 3.8) is 0 Å². The van der Waals surface area contributed by atoms with E-state index in [4.69, 9.17) is 4.98 Å². The molecule has 148 valence electrons. The van der Waals surface area contributed by atoms with Crippen LogP contribution in [-0.2, 0) is 10.0 Å². The lowest BCUT2D eigenvalue weighted by molar-refractivity contribution is 0.587. The quantitative estimate of drug-likeness (QED) is 0.363. The molecule has 8 heteroatoms. The summed E-state index contributed by atoms with van der Waals surface area (Å²) in [4.78, 5) is 17.9. The summed E-state index contributed by atoms with van der Waals surface area (Å²) in [7, 11) is -3.20. The molecule has 3 aromatic rings. The van der Waals surface area contributed by atoms with E-state index in [-0.39, 0.29) is 5.56 Å². The molecule has 0 saturated carbocycles. The van der Waals surface area contributed by atoms with E-state index in [9.17, 15) is 13.2 Å².